The number of aliphatic carboxylic acids is 1. The number of nitrogen functional groups attached to an aromatic ring is 1. The Balaban J connectivity index is 2.18. The predicted octanol–water partition coefficient (Wildman–Crippen LogP) is 3.00. The molecular formula is C16H14Cl2N2O3. The highest BCUT2D eigenvalue weighted by molar-refractivity contribution is 6.39. The molecule has 23 heavy (non-hydrogen) atoms. The summed E-state index contributed by atoms with van der Waals surface area (Å²) in [5.74, 6) is -1.79. The van der Waals surface area contributed by atoms with Gasteiger partial charge >= 0.3 is 5.97 Å². The first-order valence-electron chi connectivity index (χ1n) is 6.70. The summed E-state index contributed by atoms with van der Waals surface area (Å²) in [7, 11) is 0. The van der Waals surface area contributed by atoms with Crippen molar-refractivity contribution in [1.82, 2.24) is 5.32 Å². The number of carboxylic acid groups (broad SMARTS) is 1. The number of nitrogens with two attached hydrogens (primary N) is 1. The zero-order valence-corrected chi connectivity index (χ0v) is 13.4. The van der Waals surface area contributed by atoms with Crippen LogP contribution in [0, 0.1) is 0 Å². The smallest absolute Gasteiger partial charge is 0.326 e. The highest BCUT2D eigenvalue weighted by Crippen LogP contribution is 2.24. The molecule has 1 amide bonds. The summed E-state index contributed by atoms with van der Waals surface area (Å²) in [5, 5.41) is 12.1. The molecule has 2 aromatic rings. The number of rotatable bonds is 5. The molecule has 0 fully saturated rings. The average molecular weight is 353 g/mol. The summed E-state index contributed by atoms with van der Waals surface area (Å²) in [6, 6.07) is 10.3. The van der Waals surface area contributed by atoms with Crippen molar-refractivity contribution < 1.29 is 14.7 Å². The van der Waals surface area contributed by atoms with Gasteiger partial charge < -0.3 is 16.2 Å². The van der Waals surface area contributed by atoms with Gasteiger partial charge in [0, 0.05) is 12.1 Å². The standard InChI is InChI=1S/C16H14Cl2N2O3/c17-11-2-1-3-12(18)14(11)15(21)20-13(16(22)23)8-9-4-6-10(19)7-5-9/h1-7,13H,8,19H2,(H,20,21)(H,22,23)/t13-/m0/s1. The third-order valence-corrected chi connectivity index (χ3v) is 3.84. The Labute approximate surface area is 143 Å². The van der Waals surface area contributed by atoms with Crippen LogP contribution >= 0.6 is 23.2 Å². The Morgan fingerprint density at radius 3 is 2.17 bits per heavy atom. The second kappa shape index (κ2) is 7.35. The summed E-state index contributed by atoms with van der Waals surface area (Å²) in [6.07, 6.45) is 0.115. The van der Waals surface area contributed by atoms with E-state index in [9.17, 15) is 14.7 Å². The maximum absolute atomic E-state index is 12.3. The van der Waals surface area contributed by atoms with Crippen LogP contribution in [0.1, 0.15) is 15.9 Å². The molecule has 0 heterocycles. The predicted molar refractivity (Wildman–Crippen MR) is 89.9 cm³/mol. The fraction of sp³-hybridized carbons (Fsp3) is 0.125. The monoisotopic (exact) mass is 352 g/mol. The van der Waals surface area contributed by atoms with Crippen LogP contribution in [-0.4, -0.2) is 23.0 Å². The lowest BCUT2D eigenvalue weighted by atomic mass is 10.0. The van der Waals surface area contributed by atoms with E-state index in [0.717, 1.165) is 5.56 Å². The van der Waals surface area contributed by atoms with Gasteiger partial charge in [-0.15, -0.1) is 0 Å². The van der Waals surface area contributed by atoms with Gasteiger partial charge in [-0.2, -0.15) is 0 Å². The number of benzene rings is 2. The Morgan fingerprint density at radius 2 is 1.65 bits per heavy atom. The van der Waals surface area contributed by atoms with E-state index in [1.807, 2.05) is 0 Å². The van der Waals surface area contributed by atoms with Gasteiger partial charge in [-0.25, -0.2) is 4.79 Å². The summed E-state index contributed by atoms with van der Waals surface area (Å²) < 4.78 is 0. The number of anilines is 1. The fourth-order valence-electron chi connectivity index (χ4n) is 2.03. The van der Waals surface area contributed by atoms with E-state index >= 15 is 0 Å². The zero-order chi connectivity index (χ0) is 17.0. The van der Waals surface area contributed by atoms with E-state index in [2.05, 4.69) is 5.32 Å². The van der Waals surface area contributed by atoms with Crippen molar-refractivity contribution >= 4 is 40.8 Å². The van der Waals surface area contributed by atoms with Gasteiger partial charge in [-0.3, -0.25) is 4.79 Å². The van der Waals surface area contributed by atoms with Crippen LogP contribution in [0.4, 0.5) is 5.69 Å². The lowest BCUT2D eigenvalue weighted by molar-refractivity contribution is -0.139. The van der Waals surface area contributed by atoms with Gasteiger partial charge in [-0.05, 0) is 29.8 Å². The Kier molecular flexibility index (Phi) is 5.47. The van der Waals surface area contributed by atoms with Crippen molar-refractivity contribution in [3.8, 4) is 0 Å². The molecule has 0 aliphatic rings. The molecule has 120 valence electrons. The second-order valence-corrected chi connectivity index (χ2v) is 5.72. The fourth-order valence-corrected chi connectivity index (χ4v) is 2.60. The van der Waals surface area contributed by atoms with Gasteiger partial charge in [0.1, 0.15) is 6.04 Å². The maximum atomic E-state index is 12.3. The molecule has 0 saturated carbocycles. The van der Waals surface area contributed by atoms with Crippen molar-refractivity contribution in [2.24, 2.45) is 0 Å². The zero-order valence-electron chi connectivity index (χ0n) is 11.9. The quantitative estimate of drug-likeness (QED) is 0.721. The summed E-state index contributed by atoms with van der Waals surface area (Å²) in [6.45, 7) is 0. The van der Waals surface area contributed by atoms with E-state index < -0.39 is 17.9 Å². The molecule has 0 aliphatic carbocycles. The maximum Gasteiger partial charge on any atom is 0.326 e. The van der Waals surface area contributed by atoms with Crippen LogP contribution in [0.15, 0.2) is 42.5 Å². The normalized spacial score (nSPS) is 11.7. The topological polar surface area (TPSA) is 92.4 Å². The van der Waals surface area contributed by atoms with E-state index in [1.165, 1.54) is 12.1 Å². The molecule has 7 heteroatoms. The highest BCUT2D eigenvalue weighted by Gasteiger charge is 2.23. The van der Waals surface area contributed by atoms with Crippen molar-refractivity contribution in [1.29, 1.82) is 0 Å². The molecule has 5 nitrogen and oxygen atoms in total. The van der Waals surface area contributed by atoms with Crippen molar-refractivity contribution in [3.63, 3.8) is 0 Å². The lowest BCUT2D eigenvalue weighted by Gasteiger charge is -2.16. The minimum Gasteiger partial charge on any atom is -0.480 e. The van der Waals surface area contributed by atoms with Gasteiger partial charge in [0.05, 0.1) is 15.6 Å². The molecule has 0 aromatic heterocycles. The van der Waals surface area contributed by atoms with Gasteiger partial charge in [-0.1, -0.05) is 41.4 Å². The summed E-state index contributed by atoms with van der Waals surface area (Å²) in [4.78, 5) is 23.7. The molecule has 0 saturated heterocycles. The summed E-state index contributed by atoms with van der Waals surface area (Å²) >= 11 is 11.9. The molecule has 0 unspecified atom stereocenters. The molecule has 0 aliphatic heterocycles. The van der Waals surface area contributed by atoms with Crippen molar-refractivity contribution in [2.75, 3.05) is 5.73 Å². The molecule has 0 spiro atoms. The lowest BCUT2D eigenvalue weighted by Crippen LogP contribution is -2.42. The van der Waals surface area contributed by atoms with E-state index in [-0.39, 0.29) is 22.0 Å². The molecule has 0 radical (unpaired) electrons. The van der Waals surface area contributed by atoms with Crippen LogP contribution < -0.4 is 11.1 Å². The van der Waals surface area contributed by atoms with Crippen LogP contribution in [-0.2, 0) is 11.2 Å². The Hall–Kier alpha value is -2.24. The van der Waals surface area contributed by atoms with Gasteiger partial charge in [0.15, 0.2) is 0 Å². The molecule has 0 bridgehead atoms. The van der Waals surface area contributed by atoms with E-state index in [4.69, 9.17) is 28.9 Å². The van der Waals surface area contributed by atoms with Gasteiger partial charge in [0.2, 0.25) is 0 Å². The number of amides is 1. The molecular weight excluding hydrogens is 339 g/mol. The third kappa shape index (κ3) is 4.37. The largest absolute Gasteiger partial charge is 0.480 e. The minimum atomic E-state index is -1.15. The van der Waals surface area contributed by atoms with Gasteiger partial charge in [0.25, 0.3) is 5.91 Å². The number of hydrogen-bond donors (Lipinski definition) is 3. The number of carbonyl (C=O) groups excluding carboxylic acids is 1. The highest BCUT2D eigenvalue weighted by atomic mass is 35.5. The van der Waals surface area contributed by atoms with Crippen molar-refractivity contribution in [3.05, 3.63) is 63.6 Å². The number of nitrogens with one attached hydrogen (secondary N) is 1. The Bertz CT molecular complexity index is 712. The number of halogens is 2. The van der Waals surface area contributed by atoms with Crippen LogP contribution in [0.3, 0.4) is 0 Å². The first-order chi connectivity index (χ1) is 10.9. The number of hydrogen-bond acceptors (Lipinski definition) is 3. The molecule has 1 atom stereocenters. The van der Waals surface area contributed by atoms with Crippen LogP contribution in [0.25, 0.3) is 0 Å². The first-order valence-corrected chi connectivity index (χ1v) is 7.46. The first kappa shape index (κ1) is 17.1. The number of carbonyl (C=O) groups is 2. The third-order valence-electron chi connectivity index (χ3n) is 3.21. The van der Waals surface area contributed by atoms with Crippen molar-refractivity contribution in [2.45, 2.75) is 12.5 Å². The number of carboxylic acids is 1. The molecule has 2 aromatic carbocycles. The van der Waals surface area contributed by atoms with Crippen LogP contribution in [0.5, 0.6) is 0 Å². The van der Waals surface area contributed by atoms with E-state index in [1.54, 1.807) is 30.3 Å². The van der Waals surface area contributed by atoms with E-state index in [0.29, 0.717) is 5.69 Å². The van der Waals surface area contributed by atoms with Crippen LogP contribution in [0.2, 0.25) is 10.0 Å². The summed E-state index contributed by atoms with van der Waals surface area (Å²) in [5.41, 5.74) is 6.96. The average Bonchev–Trinajstić information content (AvgIpc) is 2.48. The minimum absolute atomic E-state index is 0.0550. The second-order valence-electron chi connectivity index (χ2n) is 4.91. The molecule has 2 rings (SSSR count). The Morgan fingerprint density at radius 1 is 1.09 bits per heavy atom. The molecule has 4 N–H and O–H groups in total. The SMILES string of the molecule is Nc1ccc(C[C@H](NC(=O)c2c(Cl)cccc2Cl)C(=O)O)cc1.